The molecule has 3 aromatic rings. The number of oxazole rings is 1. The molecule has 0 unspecified atom stereocenters. The van der Waals surface area contributed by atoms with Crippen LogP contribution in [0, 0.1) is 13.8 Å². The van der Waals surface area contributed by atoms with Crippen LogP contribution >= 0.6 is 0 Å². The molecule has 0 saturated carbocycles. The van der Waals surface area contributed by atoms with Crippen molar-refractivity contribution in [2.24, 2.45) is 0 Å². The quantitative estimate of drug-likeness (QED) is 0.781. The number of methoxy groups -OCH3 is 1. The number of nitrogens with zero attached hydrogens (tertiary/aromatic N) is 1. The van der Waals surface area contributed by atoms with E-state index in [0.29, 0.717) is 11.5 Å². The van der Waals surface area contributed by atoms with Crippen LogP contribution in [0.3, 0.4) is 0 Å². The lowest BCUT2D eigenvalue weighted by atomic mass is 10.1. The van der Waals surface area contributed by atoms with Gasteiger partial charge in [-0.3, -0.25) is 4.79 Å². The van der Waals surface area contributed by atoms with Crippen LogP contribution in [0.15, 0.2) is 53.3 Å². The number of carbonyl (C=O) groups excluding carboxylic acids is 1. The molecule has 0 aliphatic heterocycles. The molecule has 122 valence electrons. The summed E-state index contributed by atoms with van der Waals surface area (Å²) in [5, 5.41) is 2.89. The Morgan fingerprint density at radius 2 is 2.00 bits per heavy atom. The molecule has 0 spiro atoms. The maximum Gasteiger partial charge on any atom is 0.278 e. The minimum Gasteiger partial charge on any atom is -0.497 e. The Morgan fingerprint density at radius 3 is 2.75 bits per heavy atom. The maximum atomic E-state index is 12.6. The lowest BCUT2D eigenvalue weighted by molar-refractivity contribution is 0.102. The van der Waals surface area contributed by atoms with E-state index in [1.807, 2.05) is 50.2 Å². The molecule has 3 rings (SSSR count). The molecule has 0 aliphatic carbocycles. The summed E-state index contributed by atoms with van der Waals surface area (Å²) in [6.45, 7) is 3.96. The summed E-state index contributed by atoms with van der Waals surface area (Å²) in [4.78, 5) is 16.7. The van der Waals surface area contributed by atoms with Crippen LogP contribution in [0.25, 0.3) is 11.3 Å². The van der Waals surface area contributed by atoms with Gasteiger partial charge < -0.3 is 14.5 Å². The maximum absolute atomic E-state index is 12.6. The fourth-order valence-electron chi connectivity index (χ4n) is 2.51. The molecule has 1 N–H and O–H groups in total. The first-order valence-corrected chi connectivity index (χ1v) is 7.55. The number of carbonyl (C=O) groups is 1. The highest BCUT2D eigenvalue weighted by molar-refractivity contribution is 6.06. The third-order valence-electron chi connectivity index (χ3n) is 3.74. The number of benzene rings is 2. The lowest BCUT2D eigenvalue weighted by Gasteiger charge is -2.09. The summed E-state index contributed by atoms with van der Waals surface area (Å²) >= 11 is 0. The molecule has 0 radical (unpaired) electrons. The van der Waals surface area contributed by atoms with Crippen molar-refractivity contribution in [1.82, 2.24) is 4.98 Å². The zero-order chi connectivity index (χ0) is 17.1. The van der Waals surface area contributed by atoms with Crippen molar-refractivity contribution in [3.05, 3.63) is 65.7 Å². The van der Waals surface area contributed by atoms with Gasteiger partial charge in [-0.15, -0.1) is 0 Å². The lowest BCUT2D eigenvalue weighted by Crippen LogP contribution is -2.14. The van der Waals surface area contributed by atoms with Crippen LogP contribution < -0.4 is 10.1 Å². The minimum atomic E-state index is -0.312. The zero-order valence-electron chi connectivity index (χ0n) is 13.8. The molecule has 1 amide bonds. The highest BCUT2D eigenvalue weighted by Gasteiger charge is 2.19. The number of nitrogens with one attached hydrogen (secondary N) is 1. The Bertz CT molecular complexity index is 884. The SMILES string of the molecule is COc1cccc(-c2ocnc2C(=O)Nc2ccc(C)cc2C)c1. The summed E-state index contributed by atoms with van der Waals surface area (Å²) < 4.78 is 10.6. The van der Waals surface area contributed by atoms with Crippen molar-refractivity contribution in [1.29, 1.82) is 0 Å². The van der Waals surface area contributed by atoms with Gasteiger partial charge in [0.1, 0.15) is 5.75 Å². The average Bonchev–Trinajstić information content (AvgIpc) is 3.07. The number of aryl methyl sites for hydroxylation is 2. The fraction of sp³-hybridized carbons (Fsp3) is 0.158. The zero-order valence-corrected chi connectivity index (χ0v) is 13.8. The van der Waals surface area contributed by atoms with Crippen LogP contribution in [-0.4, -0.2) is 18.0 Å². The predicted octanol–water partition coefficient (Wildman–Crippen LogP) is 4.22. The van der Waals surface area contributed by atoms with Crippen molar-refractivity contribution in [2.45, 2.75) is 13.8 Å². The Hall–Kier alpha value is -3.08. The van der Waals surface area contributed by atoms with Crippen molar-refractivity contribution < 1.29 is 13.9 Å². The Labute approximate surface area is 140 Å². The second-order valence-corrected chi connectivity index (χ2v) is 5.53. The summed E-state index contributed by atoms with van der Waals surface area (Å²) in [6, 6.07) is 13.2. The van der Waals surface area contributed by atoms with E-state index in [4.69, 9.17) is 9.15 Å². The Morgan fingerprint density at radius 1 is 1.17 bits per heavy atom. The molecule has 5 heteroatoms. The van der Waals surface area contributed by atoms with Crippen LogP contribution in [0.1, 0.15) is 21.6 Å². The van der Waals surface area contributed by atoms with E-state index in [1.165, 1.54) is 6.39 Å². The van der Waals surface area contributed by atoms with E-state index in [9.17, 15) is 4.79 Å². The first kappa shape index (κ1) is 15.8. The van der Waals surface area contributed by atoms with E-state index >= 15 is 0 Å². The first-order valence-electron chi connectivity index (χ1n) is 7.55. The van der Waals surface area contributed by atoms with Crippen LogP contribution in [-0.2, 0) is 0 Å². The fourth-order valence-corrected chi connectivity index (χ4v) is 2.51. The van der Waals surface area contributed by atoms with Crippen molar-refractivity contribution in [3.8, 4) is 17.1 Å². The summed E-state index contributed by atoms with van der Waals surface area (Å²) in [5.41, 5.74) is 3.87. The highest BCUT2D eigenvalue weighted by Crippen LogP contribution is 2.27. The van der Waals surface area contributed by atoms with Gasteiger partial charge in [-0.1, -0.05) is 29.8 Å². The molecule has 0 bridgehead atoms. The molecule has 0 saturated heterocycles. The minimum absolute atomic E-state index is 0.239. The van der Waals surface area contributed by atoms with Gasteiger partial charge in [-0.05, 0) is 37.6 Å². The van der Waals surface area contributed by atoms with E-state index < -0.39 is 0 Å². The second-order valence-electron chi connectivity index (χ2n) is 5.53. The van der Waals surface area contributed by atoms with E-state index in [0.717, 1.165) is 22.4 Å². The molecular weight excluding hydrogens is 304 g/mol. The smallest absolute Gasteiger partial charge is 0.278 e. The molecule has 0 fully saturated rings. The van der Waals surface area contributed by atoms with Gasteiger partial charge in [0.15, 0.2) is 17.8 Å². The standard InChI is InChI=1S/C19H18N2O3/c1-12-7-8-16(13(2)9-12)21-19(22)17-18(24-11-20-17)14-5-4-6-15(10-14)23-3/h4-11H,1-3H3,(H,21,22). The average molecular weight is 322 g/mol. The number of hydrogen-bond acceptors (Lipinski definition) is 4. The number of amides is 1. The summed E-state index contributed by atoms with van der Waals surface area (Å²) in [5.74, 6) is 0.786. The predicted molar refractivity (Wildman–Crippen MR) is 92.4 cm³/mol. The number of hydrogen-bond donors (Lipinski definition) is 1. The van der Waals surface area contributed by atoms with Gasteiger partial charge in [0.25, 0.3) is 5.91 Å². The van der Waals surface area contributed by atoms with Crippen molar-refractivity contribution >= 4 is 11.6 Å². The van der Waals surface area contributed by atoms with Gasteiger partial charge >= 0.3 is 0 Å². The first-order chi connectivity index (χ1) is 11.6. The van der Waals surface area contributed by atoms with Gasteiger partial charge in [0.2, 0.25) is 0 Å². The molecule has 24 heavy (non-hydrogen) atoms. The molecule has 5 nitrogen and oxygen atoms in total. The summed E-state index contributed by atoms with van der Waals surface area (Å²) in [6.07, 6.45) is 1.27. The Kier molecular flexibility index (Phi) is 4.33. The monoisotopic (exact) mass is 322 g/mol. The number of ether oxygens (including phenoxy) is 1. The molecule has 1 heterocycles. The topological polar surface area (TPSA) is 64.4 Å². The summed E-state index contributed by atoms with van der Waals surface area (Å²) in [7, 11) is 1.59. The number of rotatable bonds is 4. The second kappa shape index (κ2) is 6.58. The largest absolute Gasteiger partial charge is 0.497 e. The van der Waals surface area contributed by atoms with Crippen molar-refractivity contribution in [2.75, 3.05) is 12.4 Å². The molecule has 2 aromatic carbocycles. The highest BCUT2D eigenvalue weighted by atomic mass is 16.5. The van der Waals surface area contributed by atoms with E-state index in [-0.39, 0.29) is 11.6 Å². The number of anilines is 1. The van der Waals surface area contributed by atoms with Gasteiger partial charge in [-0.2, -0.15) is 0 Å². The van der Waals surface area contributed by atoms with Crippen LogP contribution in [0.4, 0.5) is 5.69 Å². The molecule has 0 atom stereocenters. The molecule has 0 aliphatic rings. The Balaban J connectivity index is 1.90. The molecular formula is C19H18N2O3. The third kappa shape index (κ3) is 3.15. The third-order valence-corrected chi connectivity index (χ3v) is 3.74. The number of aromatic nitrogens is 1. The van der Waals surface area contributed by atoms with Crippen LogP contribution in [0.2, 0.25) is 0 Å². The van der Waals surface area contributed by atoms with Crippen molar-refractivity contribution in [3.63, 3.8) is 0 Å². The van der Waals surface area contributed by atoms with E-state index in [2.05, 4.69) is 10.3 Å². The van der Waals surface area contributed by atoms with Gasteiger partial charge in [0, 0.05) is 11.3 Å². The van der Waals surface area contributed by atoms with E-state index in [1.54, 1.807) is 13.2 Å². The van der Waals surface area contributed by atoms with Gasteiger partial charge in [-0.25, -0.2) is 4.98 Å². The molecule has 1 aromatic heterocycles. The van der Waals surface area contributed by atoms with Gasteiger partial charge in [0.05, 0.1) is 7.11 Å². The normalized spacial score (nSPS) is 10.5. The van der Waals surface area contributed by atoms with Crippen LogP contribution in [0.5, 0.6) is 5.75 Å².